The number of hydrogen-bond donors (Lipinski definition) is 0. The number of thiophene rings is 1. The highest BCUT2D eigenvalue weighted by molar-refractivity contribution is 7.14. The van der Waals surface area contributed by atoms with Gasteiger partial charge in [-0.2, -0.15) is 0 Å². The first kappa shape index (κ1) is 10.0. The molecular formula is C12H14S. The van der Waals surface area contributed by atoms with Gasteiger partial charge >= 0.3 is 0 Å². The van der Waals surface area contributed by atoms with Gasteiger partial charge in [0.1, 0.15) is 0 Å². The van der Waals surface area contributed by atoms with Crippen LogP contribution in [0.4, 0.5) is 0 Å². The van der Waals surface area contributed by atoms with Crippen molar-refractivity contribution in [3.05, 3.63) is 47.2 Å². The van der Waals surface area contributed by atoms with Crippen LogP contribution in [0.15, 0.2) is 37.4 Å². The largest absolute Gasteiger partial charge is 0.136 e. The third kappa shape index (κ3) is 2.71. The zero-order valence-electron chi connectivity index (χ0n) is 7.92. The highest BCUT2D eigenvalue weighted by Gasteiger charge is 1.99. The van der Waals surface area contributed by atoms with Crippen LogP contribution in [0.3, 0.4) is 0 Å². The Labute approximate surface area is 83.9 Å². The Morgan fingerprint density at radius 2 is 2.31 bits per heavy atom. The van der Waals surface area contributed by atoms with Crippen molar-refractivity contribution in [3.63, 3.8) is 0 Å². The summed E-state index contributed by atoms with van der Waals surface area (Å²) in [5, 5.41) is 0. The van der Waals surface area contributed by atoms with Gasteiger partial charge in [-0.25, -0.2) is 0 Å². The highest BCUT2D eigenvalue weighted by Crippen LogP contribution is 2.26. The fourth-order valence-electron chi connectivity index (χ4n) is 1.07. The molecule has 1 heteroatoms. The molecule has 1 aromatic heterocycles. The fourth-order valence-corrected chi connectivity index (χ4v) is 2.03. The first-order valence-corrected chi connectivity index (χ1v) is 5.11. The molecule has 13 heavy (non-hydrogen) atoms. The van der Waals surface area contributed by atoms with Crippen LogP contribution < -0.4 is 0 Å². The van der Waals surface area contributed by atoms with Gasteiger partial charge in [-0.05, 0) is 37.1 Å². The van der Waals surface area contributed by atoms with E-state index in [0.717, 1.165) is 12.0 Å². The second-order valence-electron chi connectivity index (χ2n) is 2.80. The second-order valence-corrected chi connectivity index (χ2v) is 3.91. The van der Waals surface area contributed by atoms with Crippen LogP contribution in [-0.2, 0) is 0 Å². The van der Waals surface area contributed by atoms with E-state index in [1.807, 2.05) is 19.1 Å². The standard InChI is InChI=1S/C12H14S/c1-4-6-10(3)12-9-8-11(13-12)7-5-2/h4-5,7-9H,1,3,6H2,2H3/b7-5+. The van der Waals surface area contributed by atoms with E-state index in [4.69, 9.17) is 0 Å². The van der Waals surface area contributed by atoms with Crippen molar-refractivity contribution in [2.24, 2.45) is 0 Å². The molecule has 0 fully saturated rings. The first-order chi connectivity index (χ1) is 6.27. The van der Waals surface area contributed by atoms with Gasteiger partial charge in [-0.15, -0.1) is 17.9 Å². The van der Waals surface area contributed by atoms with Crippen LogP contribution in [0.2, 0.25) is 0 Å². The Bertz CT molecular complexity index is 329. The SMILES string of the molecule is C=CCC(=C)c1ccc(/C=C/C)s1. The monoisotopic (exact) mass is 190 g/mol. The number of rotatable bonds is 4. The number of hydrogen-bond acceptors (Lipinski definition) is 1. The van der Waals surface area contributed by atoms with Crippen molar-refractivity contribution in [2.45, 2.75) is 13.3 Å². The Hall–Kier alpha value is -1.08. The van der Waals surface area contributed by atoms with E-state index in [1.165, 1.54) is 9.75 Å². The van der Waals surface area contributed by atoms with Gasteiger partial charge < -0.3 is 0 Å². The smallest absolute Gasteiger partial charge is 0.0305 e. The van der Waals surface area contributed by atoms with Crippen molar-refractivity contribution < 1.29 is 0 Å². The van der Waals surface area contributed by atoms with Crippen LogP contribution in [0.5, 0.6) is 0 Å². The topological polar surface area (TPSA) is 0 Å². The minimum Gasteiger partial charge on any atom is -0.136 e. The lowest BCUT2D eigenvalue weighted by molar-refractivity contribution is 1.45. The van der Waals surface area contributed by atoms with Crippen molar-refractivity contribution in [1.29, 1.82) is 0 Å². The van der Waals surface area contributed by atoms with Crippen LogP contribution in [0, 0.1) is 0 Å². The van der Waals surface area contributed by atoms with E-state index in [-0.39, 0.29) is 0 Å². The summed E-state index contributed by atoms with van der Waals surface area (Å²) in [6, 6.07) is 4.24. The molecule has 0 aliphatic carbocycles. The van der Waals surface area contributed by atoms with E-state index in [9.17, 15) is 0 Å². The third-order valence-electron chi connectivity index (χ3n) is 1.70. The Balaban J connectivity index is 2.78. The lowest BCUT2D eigenvalue weighted by Gasteiger charge is -1.95. The molecule has 0 N–H and O–H groups in total. The summed E-state index contributed by atoms with van der Waals surface area (Å²) >= 11 is 1.77. The Morgan fingerprint density at radius 3 is 2.92 bits per heavy atom. The molecule has 0 saturated heterocycles. The molecule has 0 aliphatic rings. The van der Waals surface area contributed by atoms with Gasteiger partial charge in [-0.1, -0.05) is 18.7 Å². The minimum absolute atomic E-state index is 0.871. The molecule has 68 valence electrons. The van der Waals surface area contributed by atoms with E-state index in [2.05, 4.69) is 31.4 Å². The normalized spacial score (nSPS) is 10.5. The van der Waals surface area contributed by atoms with E-state index in [0.29, 0.717) is 0 Å². The quantitative estimate of drug-likeness (QED) is 0.618. The van der Waals surface area contributed by atoms with Gasteiger partial charge in [-0.3, -0.25) is 0 Å². The molecule has 0 nitrogen and oxygen atoms in total. The van der Waals surface area contributed by atoms with Gasteiger partial charge in [0.25, 0.3) is 0 Å². The van der Waals surface area contributed by atoms with Crippen LogP contribution in [0.1, 0.15) is 23.1 Å². The summed E-state index contributed by atoms with van der Waals surface area (Å²) in [6.07, 6.45) is 6.91. The molecule has 0 atom stereocenters. The van der Waals surface area contributed by atoms with E-state index >= 15 is 0 Å². The maximum atomic E-state index is 4.00. The molecule has 1 rings (SSSR count). The average Bonchev–Trinajstić information content (AvgIpc) is 2.54. The van der Waals surface area contributed by atoms with Crippen LogP contribution >= 0.6 is 11.3 Å². The highest BCUT2D eigenvalue weighted by atomic mass is 32.1. The molecule has 1 aromatic rings. The first-order valence-electron chi connectivity index (χ1n) is 4.29. The van der Waals surface area contributed by atoms with Crippen molar-refractivity contribution in [2.75, 3.05) is 0 Å². The van der Waals surface area contributed by atoms with Gasteiger partial charge in [0.15, 0.2) is 0 Å². The molecule has 0 spiro atoms. The molecule has 0 aromatic carbocycles. The maximum Gasteiger partial charge on any atom is 0.0305 e. The molecular weight excluding hydrogens is 176 g/mol. The van der Waals surface area contributed by atoms with E-state index < -0.39 is 0 Å². The molecule has 1 heterocycles. The molecule has 0 unspecified atom stereocenters. The van der Waals surface area contributed by atoms with Crippen molar-refractivity contribution in [1.82, 2.24) is 0 Å². The predicted octanol–water partition coefficient (Wildman–Crippen LogP) is 4.37. The zero-order chi connectivity index (χ0) is 9.68. The molecule has 0 saturated carbocycles. The summed E-state index contributed by atoms with van der Waals surface area (Å²) in [6.45, 7) is 9.73. The maximum absolute atomic E-state index is 4.00. The van der Waals surface area contributed by atoms with Crippen molar-refractivity contribution >= 4 is 23.0 Å². The molecule has 0 amide bonds. The second kappa shape index (κ2) is 4.83. The van der Waals surface area contributed by atoms with Crippen LogP contribution in [-0.4, -0.2) is 0 Å². The zero-order valence-corrected chi connectivity index (χ0v) is 8.73. The van der Waals surface area contributed by atoms with Gasteiger partial charge in [0, 0.05) is 9.75 Å². The summed E-state index contributed by atoms with van der Waals surface area (Å²) in [4.78, 5) is 2.54. The molecule has 0 aliphatic heterocycles. The van der Waals surface area contributed by atoms with Gasteiger partial charge in [0.05, 0.1) is 0 Å². The summed E-state index contributed by atoms with van der Waals surface area (Å²) in [5.41, 5.74) is 1.15. The average molecular weight is 190 g/mol. The lowest BCUT2D eigenvalue weighted by Crippen LogP contribution is -1.71. The minimum atomic E-state index is 0.871. The summed E-state index contributed by atoms with van der Waals surface area (Å²) < 4.78 is 0. The van der Waals surface area contributed by atoms with Gasteiger partial charge in [0.2, 0.25) is 0 Å². The number of allylic oxidation sites excluding steroid dienone is 3. The Kier molecular flexibility index (Phi) is 3.71. The van der Waals surface area contributed by atoms with Crippen molar-refractivity contribution in [3.8, 4) is 0 Å². The molecule has 0 radical (unpaired) electrons. The summed E-state index contributed by atoms with van der Waals surface area (Å²) in [5.74, 6) is 0. The predicted molar refractivity (Wildman–Crippen MR) is 62.9 cm³/mol. The third-order valence-corrected chi connectivity index (χ3v) is 2.85. The van der Waals surface area contributed by atoms with E-state index in [1.54, 1.807) is 11.3 Å². The Morgan fingerprint density at radius 1 is 1.54 bits per heavy atom. The summed E-state index contributed by atoms with van der Waals surface area (Å²) in [7, 11) is 0. The molecule has 0 bridgehead atoms. The fraction of sp³-hybridized carbons (Fsp3) is 0.167. The van der Waals surface area contributed by atoms with Crippen LogP contribution in [0.25, 0.3) is 11.6 Å². The lowest BCUT2D eigenvalue weighted by atomic mass is 10.2.